The first-order valence-corrected chi connectivity index (χ1v) is 8.38. The minimum atomic E-state index is -0.514. The molecule has 3 rings (SSSR count). The number of carbonyl (C=O) groups excluding carboxylic acids is 1. The van der Waals surface area contributed by atoms with Crippen LogP contribution in [0.4, 0.5) is 0 Å². The van der Waals surface area contributed by atoms with Gasteiger partial charge in [0.2, 0.25) is 5.82 Å². The standard InChI is InChI=1S/C20H20N2O5/c1-13-4-5-14(2)17(10-13)25-12-19(23)26-11-18-21-20(22-27-18)15-6-8-16(24-3)9-7-15/h4-10H,11-12H2,1-3H3. The number of hydrogen-bond acceptors (Lipinski definition) is 7. The van der Waals surface area contributed by atoms with Crippen LogP contribution in [-0.2, 0) is 16.1 Å². The fourth-order valence-corrected chi connectivity index (χ4v) is 2.35. The predicted molar refractivity (Wildman–Crippen MR) is 97.5 cm³/mol. The van der Waals surface area contributed by atoms with Gasteiger partial charge >= 0.3 is 5.97 Å². The lowest BCUT2D eigenvalue weighted by Gasteiger charge is -2.09. The van der Waals surface area contributed by atoms with Crippen LogP contribution in [0, 0.1) is 13.8 Å². The monoisotopic (exact) mass is 368 g/mol. The van der Waals surface area contributed by atoms with E-state index in [0.717, 1.165) is 22.4 Å². The van der Waals surface area contributed by atoms with Crippen molar-refractivity contribution < 1.29 is 23.5 Å². The molecule has 0 saturated heterocycles. The number of benzene rings is 2. The van der Waals surface area contributed by atoms with Crippen molar-refractivity contribution in [3.8, 4) is 22.9 Å². The average Bonchev–Trinajstić information content (AvgIpc) is 3.16. The van der Waals surface area contributed by atoms with E-state index in [-0.39, 0.29) is 19.1 Å². The molecule has 0 aliphatic heterocycles. The van der Waals surface area contributed by atoms with Gasteiger partial charge in [0.1, 0.15) is 11.5 Å². The van der Waals surface area contributed by atoms with Crippen LogP contribution in [0.5, 0.6) is 11.5 Å². The molecule has 0 radical (unpaired) electrons. The highest BCUT2D eigenvalue weighted by molar-refractivity contribution is 5.71. The molecule has 0 saturated carbocycles. The summed E-state index contributed by atoms with van der Waals surface area (Å²) in [5.41, 5.74) is 2.78. The zero-order valence-corrected chi connectivity index (χ0v) is 15.4. The summed E-state index contributed by atoms with van der Waals surface area (Å²) in [5, 5.41) is 3.89. The maximum Gasteiger partial charge on any atom is 0.344 e. The van der Waals surface area contributed by atoms with E-state index >= 15 is 0 Å². The van der Waals surface area contributed by atoms with E-state index in [0.29, 0.717) is 11.6 Å². The highest BCUT2D eigenvalue weighted by Crippen LogP contribution is 2.20. The van der Waals surface area contributed by atoms with Crippen molar-refractivity contribution >= 4 is 5.97 Å². The van der Waals surface area contributed by atoms with Crippen molar-refractivity contribution in [1.82, 2.24) is 10.1 Å². The van der Waals surface area contributed by atoms with Crippen LogP contribution in [0.15, 0.2) is 47.0 Å². The number of carbonyl (C=O) groups is 1. The smallest absolute Gasteiger partial charge is 0.344 e. The van der Waals surface area contributed by atoms with Crippen LogP contribution in [0.1, 0.15) is 17.0 Å². The van der Waals surface area contributed by atoms with E-state index < -0.39 is 5.97 Å². The van der Waals surface area contributed by atoms with E-state index in [1.807, 2.05) is 44.2 Å². The Morgan fingerprint density at radius 3 is 2.63 bits per heavy atom. The number of esters is 1. The van der Waals surface area contributed by atoms with Gasteiger partial charge < -0.3 is 18.7 Å². The van der Waals surface area contributed by atoms with Crippen molar-refractivity contribution in [1.29, 1.82) is 0 Å². The van der Waals surface area contributed by atoms with Crippen LogP contribution in [0.25, 0.3) is 11.4 Å². The van der Waals surface area contributed by atoms with Crippen LogP contribution in [-0.4, -0.2) is 29.8 Å². The maximum absolute atomic E-state index is 11.9. The normalized spacial score (nSPS) is 10.5. The summed E-state index contributed by atoms with van der Waals surface area (Å²) in [7, 11) is 1.60. The lowest BCUT2D eigenvalue weighted by atomic mass is 10.1. The Bertz CT molecular complexity index is 918. The third-order valence-corrected chi connectivity index (χ3v) is 3.86. The summed E-state index contributed by atoms with van der Waals surface area (Å²) in [4.78, 5) is 16.1. The minimum absolute atomic E-state index is 0.113. The molecule has 1 heterocycles. The molecular weight excluding hydrogens is 348 g/mol. The van der Waals surface area contributed by atoms with Crippen molar-refractivity contribution in [2.24, 2.45) is 0 Å². The Morgan fingerprint density at radius 2 is 1.89 bits per heavy atom. The molecule has 0 atom stereocenters. The highest BCUT2D eigenvalue weighted by atomic mass is 16.6. The van der Waals surface area contributed by atoms with Crippen molar-refractivity contribution in [3.05, 3.63) is 59.5 Å². The molecule has 0 bridgehead atoms. The molecule has 140 valence electrons. The van der Waals surface area contributed by atoms with E-state index in [1.54, 1.807) is 19.2 Å². The van der Waals surface area contributed by atoms with Gasteiger partial charge in [-0.05, 0) is 55.3 Å². The van der Waals surface area contributed by atoms with Gasteiger partial charge in [-0.15, -0.1) is 0 Å². The van der Waals surface area contributed by atoms with Crippen molar-refractivity contribution in [3.63, 3.8) is 0 Å². The number of aryl methyl sites for hydroxylation is 2. The highest BCUT2D eigenvalue weighted by Gasteiger charge is 2.12. The van der Waals surface area contributed by atoms with E-state index in [2.05, 4.69) is 10.1 Å². The SMILES string of the molecule is COc1ccc(-c2noc(COC(=O)COc3cc(C)ccc3C)n2)cc1. The Labute approximate surface area is 156 Å². The summed E-state index contributed by atoms with van der Waals surface area (Å²) in [5.74, 6) is 1.50. The summed E-state index contributed by atoms with van der Waals surface area (Å²) >= 11 is 0. The molecule has 7 heteroatoms. The third-order valence-electron chi connectivity index (χ3n) is 3.86. The first kappa shape index (κ1) is 18.4. The largest absolute Gasteiger partial charge is 0.497 e. The molecule has 1 aromatic heterocycles. The molecule has 0 aliphatic rings. The molecule has 0 unspecified atom stereocenters. The number of aromatic nitrogens is 2. The van der Waals surface area contributed by atoms with Crippen LogP contribution < -0.4 is 9.47 Å². The summed E-state index contributed by atoms with van der Waals surface area (Å²) in [6, 6.07) is 13.0. The van der Waals surface area contributed by atoms with E-state index in [9.17, 15) is 4.79 Å². The molecule has 7 nitrogen and oxygen atoms in total. The van der Waals surface area contributed by atoms with E-state index in [4.69, 9.17) is 18.7 Å². The second-order valence-corrected chi connectivity index (χ2v) is 5.96. The topological polar surface area (TPSA) is 83.7 Å². The minimum Gasteiger partial charge on any atom is -0.497 e. The lowest BCUT2D eigenvalue weighted by molar-refractivity contribution is -0.148. The Balaban J connectivity index is 1.51. The zero-order valence-electron chi connectivity index (χ0n) is 15.4. The second kappa shape index (κ2) is 8.35. The molecule has 0 spiro atoms. The lowest BCUT2D eigenvalue weighted by Crippen LogP contribution is -2.15. The maximum atomic E-state index is 11.9. The quantitative estimate of drug-likeness (QED) is 0.590. The molecule has 0 N–H and O–H groups in total. The number of rotatable bonds is 7. The number of ether oxygens (including phenoxy) is 3. The van der Waals surface area contributed by atoms with Crippen LogP contribution >= 0.6 is 0 Å². The van der Waals surface area contributed by atoms with Gasteiger partial charge in [0.15, 0.2) is 13.2 Å². The van der Waals surface area contributed by atoms with Crippen molar-refractivity contribution in [2.75, 3.05) is 13.7 Å². The number of methoxy groups -OCH3 is 1. The zero-order chi connectivity index (χ0) is 19.2. The van der Waals surface area contributed by atoms with Gasteiger partial charge in [0, 0.05) is 5.56 Å². The summed E-state index contributed by atoms with van der Waals surface area (Å²) < 4.78 is 20.9. The Hall–Kier alpha value is -3.35. The van der Waals surface area contributed by atoms with Crippen molar-refractivity contribution in [2.45, 2.75) is 20.5 Å². The second-order valence-electron chi connectivity index (χ2n) is 5.96. The third kappa shape index (κ3) is 4.84. The predicted octanol–water partition coefficient (Wildman–Crippen LogP) is 3.48. The van der Waals surface area contributed by atoms with Gasteiger partial charge in [-0.3, -0.25) is 0 Å². The Kier molecular flexibility index (Phi) is 5.71. The van der Waals surface area contributed by atoms with Crippen LogP contribution in [0.3, 0.4) is 0 Å². The van der Waals surface area contributed by atoms with Gasteiger partial charge in [0.05, 0.1) is 7.11 Å². The molecule has 3 aromatic rings. The molecule has 27 heavy (non-hydrogen) atoms. The number of nitrogens with zero attached hydrogens (tertiary/aromatic N) is 2. The Morgan fingerprint density at radius 1 is 1.11 bits per heavy atom. The van der Waals surface area contributed by atoms with Gasteiger partial charge in [-0.2, -0.15) is 4.98 Å². The summed E-state index contributed by atoms with van der Waals surface area (Å²) in [6.45, 7) is 3.57. The van der Waals surface area contributed by atoms with Gasteiger partial charge in [-0.1, -0.05) is 17.3 Å². The molecule has 0 aliphatic carbocycles. The molecule has 2 aromatic carbocycles. The first-order chi connectivity index (χ1) is 13.0. The molecule has 0 amide bonds. The fraction of sp³-hybridized carbons (Fsp3) is 0.250. The molecule has 0 fully saturated rings. The fourth-order valence-electron chi connectivity index (χ4n) is 2.35. The van der Waals surface area contributed by atoms with Gasteiger partial charge in [0.25, 0.3) is 5.89 Å². The van der Waals surface area contributed by atoms with Crippen LogP contribution in [0.2, 0.25) is 0 Å². The summed E-state index contributed by atoms with van der Waals surface area (Å²) in [6.07, 6.45) is 0. The number of hydrogen-bond donors (Lipinski definition) is 0. The van der Waals surface area contributed by atoms with E-state index in [1.165, 1.54) is 0 Å². The first-order valence-electron chi connectivity index (χ1n) is 8.38. The van der Waals surface area contributed by atoms with Gasteiger partial charge in [-0.25, -0.2) is 4.79 Å². The average molecular weight is 368 g/mol. The molecular formula is C20H20N2O5.